The first kappa shape index (κ1) is 25.3. The zero-order valence-corrected chi connectivity index (χ0v) is 22.5. The molecule has 6 rings (SSSR count). The fourth-order valence-electron chi connectivity index (χ4n) is 6.30. The molecule has 202 valence electrons. The average molecular weight is 519 g/mol. The molecule has 1 aromatic carbocycles. The highest BCUT2D eigenvalue weighted by Gasteiger charge is 2.34. The Morgan fingerprint density at radius 3 is 2.58 bits per heavy atom. The summed E-state index contributed by atoms with van der Waals surface area (Å²) < 4.78 is 13.5. The smallest absolute Gasteiger partial charge is 0.253 e. The number of fused-ring (bicyclic) bond motifs is 1. The molecule has 3 saturated heterocycles. The molecule has 0 spiro atoms. The largest absolute Gasteiger partial charge is 0.378 e. The molecule has 9 nitrogen and oxygen atoms in total. The summed E-state index contributed by atoms with van der Waals surface area (Å²) in [4.78, 5) is 24.2. The maximum atomic E-state index is 12.6. The number of benzene rings is 1. The minimum absolute atomic E-state index is 0.0374. The maximum Gasteiger partial charge on any atom is 0.253 e. The van der Waals surface area contributed by atoms with Crippen LogP contribution in [0.4, 0.5) is 11.4 Å². The topological polar surface area (TPSA) is 89.1 Å². The van der Waals surface area contributed by atoms with Crippen LogP contribution in [-0.4, -0.2) is 91.7 Å². The first-order chi connectivity index (χ1) is 18.4. The molecule has 2 aromatic heterocycles. The molecule has 3 fully saturated rings. The molecule has 5 heterocycles. The third-order valence-corrected chi connectivity index (χ3v) is 8.40. The van der Waals surface area contributed by atoms with Crippen molar-refractivity contribution in [2.75, 3.05) is 62.7 Å². The van der Waals surface area contributed by atoms with Crippen LogP contribution in [-0.2, 0) is 16.5 Å². The lowest BCUT2D eigenvalue weighted by atomic mass is 9.91. The number of likely N-dealkylation sites (tertiary alicyclic amines) is 1. The number of aryl methyl sites for hydroxylation is 1. The van der Waals surface area contributed by atoms with Gasteiger partial charge in [0.2, 0.25) is 0 Å². The number of hydrogen-bond acceptors (Lipinski definition) is 8. The lowest BCUT2D eigenvalue weighted by Gasteiger charge is -2.45. The standard InChI is InChI=1S/C29H38N6O3/c1-19-12-35(26-11-28(36)32(2)29-24(26)5-4-10-31-29)16-23(38-19)15-33-13-21(14-33)20-6-8-22(9-7-20)34-17-25(30)27(18-34)37-3/h4-11,19,21,23,25,27H,12-18,30H2,1-3H3/t19-,23+,25-,27-/m1/s1. The van der Waals surface area contributed by atoms with Crippen molar-refractivity contribution in [2.24, 2.45) is 12.8 Å². The van der Waals surface area contributed by atoms with E-state index in [9.17, 15) is 4.79 Å². The van der Waals surface area contributed by atoms with Crippen molar-refractivity contribution in [3.8, 4) is 0 Å². The van der Waals surface area contributed by atoms with Gasteiger partial charge in [0.05, 0.1) is 30.0 Å². The fraction of sp³-hybridized carbons (Fsp3) is 0.517. The molecular formula is C29H38N6O3. The quantitative estimate of drug-likeness (QED) is 0.529. The fourth-order valence-corrected chi connectivity index (χ4v) is 6.30. The first-order valence-electron chi connectivity index (χ1n) is 13.6. The normalized spacial score (nSPS) is 26.7. The van der Waals surface area contributed by atoms with Gasteiger partial charge in [-0.2, -0.15) is 0 Å². The number of morpholine rings is 1. The second-order valence-electron chi connectivity index (χ2n) is 11.1. The number of nitrogens with zero attached hydrogens (tertiary/aromatic N) is 5. The number of rotatable bonds is 6. The van der Waals surface area contributed by atoms with Gasteiger partial charge in [0.25, 0.3) is 5.56 Å². The van der Waals surface area contributed by atoms with E-state index in [2.05, 4.69) is 50.9 Å². The molecule has 4 atom stereocenters. The number of anilines is 2. The Labute approximate surface area is 223 Å². The number of nitrogens with two attached hydrogens (primary N) is 1. The van der Waals surface area contributed by atoms with Crippen LogP contribution in [0.1, 0.15) is 18.4 Å². The monoisotopic (exact) mass is 518 g/mol. The number of pyridine rings is 2. The number of methoxy groups -OCH3 is 1. The molecule has 0 amide bonds. The van der Waals surface area contributed by atoms with Crippen molar-refractivity contribution in [2.45, 2.75) is 37.2 Å². The van der Waals surface area contributed by atoms with Crippen molar-refractivity contribution in [1.82, 2.24) is 14.5 Å². The molecule has 0 unspecified atom stereocenters. The van der Waals surface area contributed by atoms with Crippen LogP contribution in [0.25, 0.3) is 11.0 Å². The Morgan fingerprint density at radius 1 is 1.05 bits per heavy atom. The molecule has 3 aliphatic heterocycles. The second-order valence-corrected chi connectivity index (χ2v) is 11.1. The van der Waals surface area contributed by atoms with E-state index < -0.39 is 0 Å². The maximum absolute atomic E-state index is 12.6. The lowest BCUT2D eigenvalue weighted by Crippen LogP contribution is -2.55. The first-order valence-corrected chi connectivity index (χ1v) is 13.6. The Kier molecular flexibility index (Phi) is 6.86. The van der Waals surface area contributed by atoms with Crippen LogP contribution < -0.4 is 21.1 Å². The van der Waals surface area contributed by atoms with Crippen molar-refractivity contribution < 1.29 is 9.47 Å². The van der Waals surface area contributed by atoms with Crippen LogP contribution in [0.15, 0.2) is 53.5 Å². The molecule has 0 bridgehead atoms. The second kappa shape index (κ2) is 10.3. The highest BCUT2D eigenvalue weighted by atomic mass is 16.5. The van der Waals surface area contributed by atoms with Crippen LogP contribution in [0.2, 0.25) is 0 Å². The zero-order chi connectivity index (χ0) is 26.4. The van der Waals surface area contributed by atoms with Gasteiger partial charge in [-0.05, 0) is 36.8 Å². The van der Waals surface area contributed by atoms with Gasteiger partial charge in [0, 0.05) is 89.2 Å². The third-order valence-electron chi connectivity index (χ3n) is 8.40. The van der Waals surface area contributed by atoms with E-state index >= 15 is 0 Å². The Hall–Kier alpha value is -2.98. The van der Waals surface area contributed by atoms with Crippen LogP contribution in [0.5, 0.6) is 0 Å². The SMILES string of the molecule is CO[C@@H]1CN(c2ccc(C3CN(C[C@H]4CN(c5cc(=O)n(C)c6ncccc56)C[C@@H](C)O4)C3)cc2)C[C@H]1N. The molecule has 0 radical (unpaired) electrons. The summed E-state index contributed by atoms with van der Waals surface area (Å²) in [6.07, 6.45) is 2.01. The average Bonchev–Trinajstić information content (AvgIpc) is 3.28. The van der Waals surface area contributed by atoms with Gasteiger partial charge < -0.3 is 25.0 Å². The van der Waals surface area contributed by atoms with Gasteiger partial charge in [0.15, 0.2) is 0 Å². The predicted molar refractivity (Wildman–Crippen MR) is 150 cm³/mol. The number of ether oxygens (including phenoxy) is 2. The molecule has 0 aliphatic carbocycles. The minimum Gasteiger partial charge on any atom is -0.378 e. The summed E-state index contributed by atoms with van der Waals surface area (Å²) in [6.45, 7) is 8.27. The molecule has 0 saturated carbocycles. The molecular weight excluding hydrogens is 480 g/mol. The summed E-state index contributed by atoms with van der Waals surface area (Å²) in [5.74, 6) is 0.542. The number of aromatic nitrogens is 2. The van der Waals surface area contributed by atoms with Gasteiger partial charge in [-0.25, -0.2) is 4.98 Å². The van der Waals surface area contributed by atoms with E-state index in [1.54, 1.807) is 31.0 Å². The van der Waals surface area contributed by atoms with Crippen LogP contribution in [0.3, 0.4) is 0 Å². The van der Waals surface area contributed by atoms with Crippen molar-refractivity contribution >= 4 is 22.4 Å². The Balaban J connectivity index is 1.07. The molecule has 9 heteroatoms. The highest BCUT2D eigenvalue weighted by molar-refractivity contribution is 5.89. The van der Waals surface area contributed by atoms with Gasteiger partial charge in [0.1, 0.15) is 5.65 Å². The predicted octanol–water partition coefficient (Wildman–Crippen LogP) is 1.79. The Morgan fingerprint density at radius 2 is 1.84 bits per heavy atom. The van der Waals surface area contributed by atoms with E-state index in [-0.39, 0.29) is 29.9 Å². The molecule has 3 aromatic rings. The van der Waals surface area contributed by atoms with Crippen LogP contribution in [0, 0.1) is 0 Å². The third kappa shape index (κ3) is 4.80. The van der Waals surface area contributed by atoms with Crippen molar-refractivity contribution in [3.63, 3.8) is 0 Å². The Bertz CT molecular complexity index is 1340. The van der Waals surface area contributed by atoms with E-state index in [1.807, 2.05) is 12.1 Å². The van der Waals surface area contributed by atoms with Gasteiger partial charge >= 0.3 is 0 Å². The van der Waals surface area contributed by atoms with E-state index in [1.165, 1.54) is 11.3 Å². The summed E-state index contributed by atoms with van der Waals surface area (Å²) >= 11 is 0. The van der Waals surface area contributed by atoms with Crippen molar-refractivity contribution in [1.29, 1.82) is 0 Å². The minimum atomic E-state index is -0.0374. The molecule has 2 N–H and O–H groups in total. The van der Waals surface area contributed by atoms with Gasteiger partial charge in [-0.3, -0.25) is 14.3 Å². The highest BCUT2D eigenvalue weighted by Crippen LogP contribution is 2.31. The van der Waals surface area contributed by atoms with Gasteiger partial charge in [-0.1, -0.05) is 12.1 Å². The van der Waals surface area contributed by atoms with E-state index in [0.29, 0.717) is 11.6 Å². The van der Waals surface area contributed by atoms with E-state index in [4.69, 9.17) is 15.2 Å². The van der Waals surface area contributed by atoms with Crippen LogP contribution >= 0.6 is 0 Å². The summed E-state index contributed by atoms with van der Waals surface area (Å²) in [7, 11) is 3.51. The van der Waals surface area contributed by atoms with E-state index in [0.717, 1.165) is 56.9 Å². The summed E-state index contributed by atoms with van der Waals surface area (Å²) in [5.41, 5.74) is 10.4. The molecule has 38 heavy (non-hydrogen) atoms. The molecule has 3 aliphatic rings. The van der Waals surface area contributed by atoms with Gasteiger partial charge in [-0.15, -0.1) is 0 Å². The van der Waals surface area contributed by atoms with Crippen molar-refractivity contribution in [3.05, 3.63) is 64.6 Å². The number of hydrogen-bond donors (Lipinski definition) is 1. The summed E-state index contributed by atoms with van der Waals surface area (Å²) in [6, 6.07) is 14.7. The summed E-state index contributed by atoms with van der Waals surface area (Å²) in [5, 5.41) is 1.00. The zero-order valence-electron chi connectivity index (χ0n) is 22.5. The lowest BCUT2D eigenvalue weighted by molar-refractivity contribution is -0.0434.